The number of ether oxygens (including phenoxy) is 2. The van der Waals surface area contributed by atoms with E-state index in [2.05, 4.69) is 30.7 Å². The molecule has 0 radical (unpaired) electrons. The zero-order valence-corrected chi connectivity index (χ0v) is 22.0. The van der Waals surface area contributed by atoms with E-state index in [0.29, 0.717) is 29.6 Å². The van der Waals surface area contributed by atoms with Crippen molar-refractivity contribution in [2.75, 3.05) is 11.9 Å². The highest BCUT2D eigenvalue weighted by Crippen LogP contribution is 2.43. The second-order valence-electron chi connectivity index (χ2n) is 9.74. The molecule has 4 aromatic rings. The summed E-state index contributed by atoms with van der Waals surface area (Å²) in [5.41, 5.74) is 4.68. The average molecular weight is 572 g/mol. The lowest BCUT2D eigenvalue weighted by molar-refractivity contribution is -0.274. The van der Waals surface area contributed by atoms with E-state index in [1.165, 1.54) is 37.5 Å². The number of halogens is 4. The Morgan fingerprint density at radius 3 is 2.67 bits per heavy atom. The number of H-pyrrole nitrogens is 1. The molecular formula is C27H25ClF3N7O2. The van der Waals surface area contributed by atoms with E-state index < -0.39 is 12.1 Å². The summed E-state index contributed by atoms with van der Waals surface area (Å²) >= 11 is 5.99. The lowest BCUT2D eigenvalue weighted by atomic mass is 9.83. The number of tetrazole rings is 1. The van der Waals surface area contributed by atoms with Crippen LogP contribution in [0.4, 0.5) is 19.0 Å². The van der Waals surface area contributed by atoms with Crippen LogP contribution in [0.2, 0.25) is 5.02 Å². The van der Waals surface area contributed by atoms with E-state index in [1.54, 1.807) is 6.20 Å². The van der Waals surface area contributed by atoms with Crippen molar-refractivity contribution < 1.29 is 22.6 Å². The van der Waals surface area contributed by atoms with Gasteiger partial charge in [-0.2, -0.15) is 10.3 Å². The Balaban J connectivity index is 1.28. The number of anilines is 1. The molecule has 2 aromatic heterocycles. The number of nitrogens with zero attached hydrogens (tertiary/aromatic N) is 5. The van der Waals surface area contributed by atoms with Gasteiger partial charge in [-0.15, -0.1) is 23.4 Å². The molecule has 0 atom stereocenters. The molecule has 6 rings (SSSR count). The molecule has 3 heterocycles. The highest BCUT2D eigenvalue weighted by molar-refractivity contribution is 6.32. The van der Waals surface area contributed by atoms with Crippen LogP contribution in [0.3, 0.4) is 0 Å². The molecule has 9 nitrogen and oxygen atoms in total. The molecule has 2 aliphatic rings. The molecule has 2 N–H and O–H groups in total. The molecule has 0 saturated heterocycles. The zero-order chi connectivity index (χ0) is 27.7. The van der Waals surface area contributed by atoms with Gasteiger partial charge in [0.25, 0.3) is 0 Å². The largest absolute Gasteiger partial charge is 0.573 e. The minimum Gasteiger partial charge on any atom is -0.489 e. The lowest BCUT2D eigenvalue weighted by Crippen LogP contribution is -2.24. The van der Waals surface area contributed by atoms with Gasteiger partial charge in [0.05, 0.1) is 22.5 Å². The van der Waals surface area contributed by atoms with Crippen molar-refractivity contribution in [3.63, 3.8) is 0 Å². The van der Waals surface area contributed by atoms with Gasteiger partial charge >= 0.3 is 6.36 Å². The van der Waals surface area contributed by atoms with Crippen LogP contribution in [-0.2, 0) is 6.61 Å². The van der Waals surface area contributed by atoms with Crippen LogP contribution in [-0.4, -0.2) is 43.3 Å². The van der Waals surface area contributed by atoms with Crippen molar-refractivity contribution in [3.05, 3.63) is 64.8 Å². The average Bonchev–Trinajstić information content (AvgIpc) is 3.63. The number of aromatic nitrogens is 6. The van der Waals surface area contributed by atoms with Gasteiger partial charge in [-0.05, 0) is 53.4 Å². The third kappa shape index (κ3) is 5.48. The summed E-state index contributed by atoms with van der Waals surface area (Å²) in [6, 6.07) is 11.9. The van der Waals surface area contributed by atoms with E-state index in [1.807, 2.05) is 28.9 Å². The predicted molar refractivity (Wildman–Crippen MR) is 142 cm³/mol. The van der Waals surface area contributed by atoms with Gasteiger partial charge < -0.3 is 14.8 Å². The van der Waals surface area contributed by atoms with E-state index in [0.717, 1.165) is 41.1 Å². The number of benzene rings is 2. The number of allylic oxidation sites excluding steroid dienone is 1. The van der Waals surface area contributed by atoms with Crippen LogP contribution in [0.25, 0.3) is 22.7 Å². The number of hydrogen-bond acceptors (Lipinski definition) is 7. The van der Waals surface area contributed by atoms with Crippen molar-refractivity contribution in [1.29, 1.82) is 0 Å². The van der Waals surface area contributed by atoms with E-state index >= 15 is 0 Å². The van der Waals surface area contributed by atoms with Crippen molar-refractivity contribution in [2.24, 2.45) is 5.92 Å². The Bertz CT molecular complexity index is 1530. The number of hydrogen-bond donors (Lipinski definition) is 2. The molecule has 13 heteroatoms. The number of nitrogens with one attached hydrogen (secondary N) is 2. The normalized spacial score (nSPS) is 16.0. The number of fused-ring (bicyclic) bond motifs is 1. The van der Waals surface area contributed by atoms with E-state index in [9.17, 15) is 13.2 Å². The molecule has 1 fully saturated rings. The highest BCUT2D eigenvalue weighted by atomic mass is 35.5. The maximum Gasteiger partial charge on any atom is 0.573 e. The van der Waals surface area contributed by atoms with Crippen molar-refractivity contribution >= 4 is 28.7 Å². The van der Waals surface area contributed by atoms with Crippen LogP contribution in [0.5, 0.6) is 11.5 Å². The summed E-state index contributed by atoms with van der Waals surface area (Å²) in [6.45, 7) is 0.710. The molecule has 0 spiro atoms. The zero-order valence-electron chi connectivity index (χ0n) is 21.2. The van der Waals surface area contributed by atoms with Gasteiger partial charge in [0.2, 0.25) is 5.82 Å². The quantitative estimate of drug-likeness (QED) is 0.259. The first-order valence-corrected chi connectivity index (χ1v) is 13.3. The topological polar surface area (TPSA) is 103 Å². The first kappa shape index (κ1) is 26.2. The lowest BCUT2D eigenvalue weighted by Gasteiger charge is -2.32. The third-order valence-electron chi connectivity index (χ3n) is 7.13. The molecule has 1 aliphatic heterocycles. The molecule has 208 valence electrons. The van der Waals surface area contributed by atoms with Gasteiger partial charge in [-0.3, -0.25) is 0 Å². The van der Waals surface area contributed by atoms with Crippen LogP contribution < -0.4 is 14.8 Å². The minimum absolute atomic E-state index is 0.125. The van der Waals surface area contributed by atoms with Crippen LogP contribution in [0, 0.1) is 5.92 Å². The SMILES string of the molecule is FC(F)(F)Oc1ccc(COc2cccc(C3=C(C4CCCCC4)n4ncc(-c5nn[nH]n5)c4NC3)c2)cc1Cl. The first-order valence-electron chi connectivity index (χ1n) is 12.9. The summed E-state index contributed by atoms with van der Waals surface area (Å²) in [4.78, 5) is 0. The van der Waals surface area contributed by atoms with Crippen molar-refractivity contribution in [2.45, 2.75) is 45.1 Å². The molecule has 0 unspecified atom stereocenters. The van der Waals surface area contributed by atoms with Gasteiger partial charge in [0.1, 0.15) is 23.9 Å². The van der Waals surface area contributed by atoms with Gasteiger partial charge in [-0.1, -0.05) is 49.1 Å². The fourth-order valence-corrected chi connectivity index (χ4v) is 5.60. The van der Waals surface area contributed by atoms with Crippen molar-refractivity contribution in [3.8, 4) is 22.9 Å². The molecule has 0 amide bonds. The fraction of sp³-hybridized carbons (Fsp3) is 0.333. The van der Waals surface area contributed by atoms with Crippen LogP contribution >= 0.6 is 11.6 Å². The Hall–Kier alpha value is -4.06. The standard InChI is InChI=1S/C27H25ClF3N7O2/c28-22-11-16(9-10-23(22)40-27(29,30)31)15-39-19-8-4-7-18(12-19)20-13-32-26-21(25-34-36-37-35-25)14-33-38(26)24(20)17-5-2-1-3-6-17/h4,7-12,14,17,32H,1-3,5-6,13,15H2,(H,34,35,36,37). The third-order valence-corrected chi connectivity index (χ3v) is 7.42. The molecule has 0 bridgehead atoms. The summed E-state index contributed by atoms with van der Waals surface area (Å²) in [5.74, 6) is 1.85. The number of alkyl halides is 3. The monoisotopic (exact) mass is 571 g/mol. The second-order valence-corrected chi connectivity index (χ2v) is 10.1. The second kappa shape index (κ2) is 10.8. The van der Waals surface area contributed by atoms with Crippen LogP contribution in [0.15, 0.2) is 48.7 Å². The maximum atomic E-state index is 12.5. The van der Waals surface area contributed by atoms with Gasteiger partial charge in [0, 0.05) is 18.0 Å². The fourth-order valence-electron chi connectivity index (χ4n) is 5.36. The summed E-state index contributed by atoms with van der Waals surface area (Å²) in [7, 11) is 0. The van der Waals surface area contributed by atoms with Gasteiger partial charge in [0.15, 0.2) is 0 Å². The summed E-state index contributed by atoms with van der Waals surface area (Å²) in [5, 5.41) is 22.5. The Kier molecular flexibility index (Phi) is 7.09. The Morgan fingerprint density at radius 1 is 1.07 bits per heavy atom. The maximum absolute atomic E-state index is 12.5. The Labute approximate surface area is 232 Å². The molecule has 40 heavy (non-hydrogen) atoms. The summed E-state index contributed by atoms with van der Waals surface area (Å²) in [6.07, 6.45) is 2.68. The predicted octanol–water partition coefficient (Wildman–Crippen LogP) is 6.57. The smallest absolute Gasteiger partial charge is 0.489 e. The minimum atomic E-state index is -4.81. The molecule has 1 saturated carbocycles. The number of aromatic amines is 1. The first-order chi connectivity index (χ1) is 19.4. The number of rotatable bonds is 7. The van der Waals surface area contributed by atoms with E-state index in [4.69, 9.17) is 21.4 Å². The summed E-state index contributed by atoms with van der Waals surface area (Å²) < 4.78 is 49.6. The molecule has 1 aliphatic carbocycles. The Morgan fingerprint density at radius 2 is 1.93 bits per heavy atom. The van der Waals surface area contributed by atoms with E-state index in [-0.39, 0.29) is 11.6 Å². The van der Waals surface area contributed by atoms with Gasteiger partial charge in [-0.25, -0.2) is 4.68 Å². The highest BCUT2D eigenvalue weighted by Gasteiger charge is 2.32. The van der Waals surface area contributed by atoms with Crippen molar-refractivity contribution in [1.82, 2.24) is 30.4 Å². The van der Waals surface area contributed by atoms with Crippen LogP contribution in [0.1, 0.15) is 43.2 Å². The molecular weight excluding hydrogens is 547 g/mol. The molecule has 2 aromatic carbocycles.